The van der Waals surface area contributed by atoms with E-state index in [2.05, 4.69) is 28.2 Å². The van der Waals surface area contributed by atoms with E-state index in [0.29, 0.717) is 22.1 Å². The van der Waals surface area contributed by atoms with Crippen LogP contribution in [0.1, 0.15) is 42.1 Å². The second-order valence-corrected chi connectivity index (χ2v) is 8.01. The average Bonchev–Trinajstić information content (AvgIpc) is 3.18. The number of nitrogens with two attached hydrogens (primary N) is 1. The molecule has 1 aromatic carbocycles. The molecule has 0 aliphatic heterocycles. The zero-order chi connectivity index (χ0) is 15.8. The Morgan fingerprint density at radius 1 is 1.43 bits per heavy atom. The molecule has 0 saturated heterocycles. The van der Waals surface area contributed by atoms with Gasteiger partial charge in [-0.2, -0.15) is 0 Å². The molecule has 0 radical (unpaired) electrons. The van der Waals surface area contributed by atoms with Gasteiger partial charge in [0.1, 0.15) is 0 Å². The maximum atomic E-state index is 12.2. The fourth-order valence-electron chi connectivity index (χ4n) is 2.28. The number of hydrogen-bond donors (Lipinski definition) is 2. The predicted octanol–water partition coefficient (Wildman–Crippen LogP) is 2.32. The number of primary sulfonamides is 1. The lowest BCUT2D eigenvalue weighted by molar-refractivity contribution is 0.0944. The van der Waals surface area contributed by atoms with Gasteiger partial charge in [-0.25, -0.2) is 13.6 Å². The molecule has 21 heavy (non-hydrogen) atoms. The Morgan fingerprint density at radius 2 is 2.05 bits per heavy atom. The molecule has 0 heterocycles. The van der Waals surface area contributed by atoms with Crippen LogP contribution in [0.15, 0.2) is 21.5 Å². The number of nitrogens with one attached hydrogen (secondary N) is 1. The highest BCUT2D eigenvalue weighted by Crippen LogP contribution is 2.47. The largest absolute Gasteiger partial charge is 0.351 e. The van der Waals surface area contributed by atoms with Crippen LogP contribution >= 0.6 is 15.9 Å². The number of carbonyl (C=O) groups is 1. The van der Waals surface area contributed by atoms with E-state index in [1.54, 1.807) is 13.0 Å². The van der Waals surface area contributed by atoms with Crippen molar-refractivity contribution in [2.24, 2.45) is 10.6 Å². The maximum Gasteiger partial charge on any atom is 0.251 e. The van der Waals surface area contributed by atoms with Gasteiger partial charge in [0.2, 0.25) is 10.0 Å². The summed E-state index contributed by atoms with van der Waals surface area (Å²) in [5, 5.41) is 8.07. The molecule has 0 atom stereocenters. The predicted molar refractivity (Wildman–Crippen MR) is 84.5 cm³/mol. The van der Waals surface area contributed by atoms with Gasteiger partial charge in [-0.15, -0.1) is 0 Å². The van der Waals surface area contributed by atoms with Crippen LogP contribution in [0.2, 0.25) is 0 Å². The van der Waals surface area contributed by atoms with E-state index in [-0.39, 0.29) is 16.2 Å². The minimum absolute atomic E-state index is 0.0655. The van der Waals surface area contributed by atoms with E-state index in [1.807, 2.05) is 0 Å². The highest BCUT2D eigenvalue weighted by Gasteiger charge is 2.40. The Labute approximate surface area is 133 Å². The van der Waals surface area contributed by atoms with Gasteiger partial charge in [0.05, 0.1) is 4.90 Å². The lowest BCUT2D eigenvalue weighted by atomic mass is 10.0. The van der Waals surface area contributed by atoms with E-state index in [1.165, 1.54) is 6.07 Å². The highest BCUT2D eigenvalue weighted by atomic mass is 79.9. The van der Waals surface area contributed by atoms with E-state index in [0.717, 1.165) is 19.3 Å². The van der Waals surface area contributed by atoms with E-state index >= 15 is 0 Å². The Bertz CT molecular complexity index is 682. The van der Waals surface area contributed by atoms with Crippen molar-refractivity contribution >= 4 is 31.9 Å². The number of benzene rings is 1. The second kappa shape index (κ2) is 5.70. The topological polar surface area (TPSA) is 89.3 Å². The molecule has 1 amide bonds. The third-order valence-electron chi connectivity index (χ3n) is 4.12. The average molecular weight is 375 g/mol. The monoisotopic (exact) mass is 374 g/mol. The molecular weight excluding hydrogens is 356 g/mol. The van der Waals surface area contributed by atoms with Gasteiger partial charge in [0.25, 0.3) is 5.91 Å². The summed E-state index contributed by atoms with van der Waals surface area (Å²) >= 11 is 3.20. The van der Waals surface area contributed by atoms with Gasteiger partial charge in [0.15, 0.2) is 0 Å². The van der Waals surface area contributed by atoms with Gasteiger partial charge < -0.3 is 5.32 Å². The molecule has 1 aliphatic rings. The second-order valence-electron chi connectivity index (χ2n) is 5.69. The van der Waals surface area contributed by atoms with Crippen molar-refractivity contribution in [3.05, 3.63) is 27.7 Å². The Hall–Kier alpha value is -0.920. The van der Waals surface area contributed by atoms with Gasteiger partial charge in [-0.1, -0.05) is 6.92 Å². The van der Waals surface area contributed by atoms with Crippen molar-refractivity contribution in [3.8, 4) is 0 Å². The van der Waals surface area contributed by atoms with Crippen LogP contribution in [0.25, 0.3) is 0 Å². The van der Waals surface area contributed by atoms with Crippen molar-refractivity contribution in [3.63, 3.8) is 0 Å². The SMILES string of the molecule is CCC1(CNC(=O)c2cc(C)c(Br)c(S(N)(=O)=O)c2)CC1. The molecule has 2 rings (SSSR count). The Morgan fingerprint density at radius 3 is 2.52 bits per heavy atom. The molecule has 0 aromatic heterocycles. The fraction of sp³-hybridized carbons (Fsp3) is 0.500. The standard InChI is InChI=1S/C14H19BrN2O3S/c1-3-14(4-5-14)8-17-13(18)10-6-9(2)12(15)11(7-10)21(16,19)20/h6-7H,3-5,8H2,1-2H3,(H,17,18)(H2,16,19,20). The number of halogens is 1. The van der Waals surface area contributed by atoms with Crippen LogP contribution in [0.5, 0.6) is 0 Å². The van der Waals surface area contributed by atoms with Crippen molar-refractivity contribution in [1.29, 1.82) is 0 Å². The first-order valence-electron chi connectivity index (χ1n) is 6.80. The smallest absolute Gasteiger partial charge is 0.251 e. The van der Waals surface area contributed by atoms with Gasteiger partial charge in [0, 0.05) is 16.6 Å². The van der Waals surface area contributed by atoms with E-state index in [9.17, 15) is 13.2 Å². The summed E-state index contributed by atoms with van der Waals surface area (Å²) < 4.78 is 23.5. The van der Waals surface area contributed by atoms with Crippen molar-refractivity contribution in [2.45, 2.75) is 38.0 Å². The van der Waals surface area contributed by atoms with Gasteiger partial charge in [-0.05, 0) is 65.2 Å². The first kappa shape index (κ1) is 16.5. The zero-order valence-corrected chi connectivity index (χ0v) is 14.5. The molecule has 5 nitrogen and oxygen atoms in total. The molecule has 7 heteroatoms. The van der Waals surface area contributed by atoms with Crippen molar-refractivity contribution in [1.82, 2.24) is 5.32 Å². The summed E-state index contributed by atoms with van der Waals surface area (Å²) in [4.78, 5) is 12.2. The minimum atomic E-state index is -3.87. The first-order chi connectivity index (χ1) is 9.68. The van der Waals surface area contributed by atoms with Gasteiger partial charge >= 0.3 is 0 Å². The summed E-state index contributed by atoms with van der Waals surface area (Å²) in [5.74, 6) is -0.268. The number of sulfonamides is 1. The van der Waals surface area contributed by atoms with Crippen molar-refractivity contribution < 1.29 is 13.2 Å². The van der Waals surface area contributed by atoms with E-state index in [4.69, 9.17) is 5.14 Å². The number of aryl methyl sites for hydroxylation is 1. The number of hydrogen-bond acceptors (Lipinski definition) is 3. The molecule has 1 aromatic rings. The molecule has 0 bridgehead atoms. The zero-order valence-electron chi connectivity index (χ0n) is 12.1. The summed E-state index contributed by atoms with van der Waals surface area (Å²) in [6.07, 6.45) is 3.30. The minimum Gasteiger partial charge on any atom is -0.351 e. The molecular formula is C14H19BrN2O3S. The molecule has 3 N–H and O–H groups in total. The van der Waals surface area contributed by atoms with Crippen LogP contribution in [0.4, 0.5) is 0 Å². The van der Waals surface area contributed by atoms with Crippen LogP contribution < -0.4 is 10.5 Å². The summed E-state index contributed by atoms with van der Waals surface area (Å²) in [6, 6.07) is 2.97. The molecule has 116 valence electrons. The molecule has 0 unspecified atom stereocenters. The normalized spacial score (nSPS) is 16.6. The van der Waals surface area contributed by atoms with E-state index < -0.39 is 10.0 Å². The van der Waals surface area contributed by atoms with Gasteiger partial charge in [-0.3, -0.25) is 4.79 Å². The molecule has 1 saturated carbocycles. The lowest BCUT2D eigenvalue weighted by Crippen LogP contribution is -2.30. The summed E-state index contributed by atoms with van der Waals surface area (Å²) in [5.41, 5.74) is 1.21. The van der Waals surface area contributed by atoms with Crippen LogP contribution in [0.3, 0.4) is 0 Å². The number of rotatable bonds is 5. The van der Waals surface area contributed by atoms with Crippen LogP contribution in [-0.4, -0.2) is 20.9 Å². The number of amides is 1. The summed E-state index contributed by atoms with van der Waals surface area (Å²) in [6.45, 7) is 4.47. The van der Waals surface area contributed by atoms with Crippen molar-refractivity contribution in [2.75, 3.05) is 6.54 Å². The molecule has 1 aliphatic carbocycles. The van der Waals surface area contributed by atoms with Crippen LogP contribution in [0, 0.1) is 12.3 Å². The molecule has 0 spiro atoms. The lowest BCUT2D eigenvalue weighted by Gasteiger charge is -2.14. The Kier molecular flexibility index (Phi) is 4.46. The summed E-state index contributed by atoms with van der Waals surface area (Å²) in [7, 11) is -3.87. The highest BCUT2D eigenvalue weighted by molar-refractivity contribution is 9.10. The first-order valence-corrected chi connectivity index (χ1v) is 9.14. The quantitative estimate of drug-likeness (QED) is 0.828. The third-order valence-corrected chi connectivity index (χ3v) is 6.37. The van der Waals surface area contributed by atoms with Crippen LogP contribution in [-0.2, 0) is 10.0 Å². The third kappa shape index (κ3) is 3.64. The Balaban J connectivity index is 2.24. The maximum absolute atomic E-state index is 12.2. The number of carbonyl (C=O) groups excluding carboxylic acids is 1. The fourth-order valence-corrected chi connectivity index (χ4v) is 3.89. The molecule has 1 fully saturated rings.